The van der Waals surface area contributed by atoms with Crippen molar-refractivity contribution in [2.45, 2.75) is 0 Å². The van der Waals surface area contributed by atoms with Gasteiger partial charge in [-0.1, -0.05) is 0 Å². The lowest BCUT2D eigenvalue weighted by Crippen LogP contribution is -1.60. The van der Waals surface area contributed by atoms with Crippen molar-refractivity contribution in [2.75, 3.05) is 0 Å². The smallest absolute Gasteiger partial charge is 0.324 e. The topological polar surface area (TPSA) is 57.5 Å². The van der Waals surface area contributed by atoms with Crippen LogP contribution in [0.1, 0.15) is 0 Å². The normalized spacial score (nSPS) is 11.8. The van der Waals surface area contributed by atoms with Crippen LogP contribution in [0.25, 0.3) is 0 Å². The Labute approximate surface area is 29.8 Å². The lowest BCUT2D eigenvalue weighted by atomic mass is 12.0. The molecule has 0 amide bonds. The molecule has 3 nitrogen and oxygen atoms in total. The Morgan fingerprint density at radius 3 is 1.60 bits per heavy atom. The Hall–Kier alpha value is 0.150. The minimum absolute atomic E-state index is 2.44. The molecule has 0 unspecified atom stereocenters. The van der Waals surface area contributed by atoms with Gasteiger partial charge in [-0.15, -0.1) is 0 Å². The zero-order valence-electron chi connectivity index (χ0n) is 2.46. The van der Waals surface area contributed by atoms with Crippen molar-refractivity contribution in [3.63, 3.8) is 0 Å². The highest BCUT2D eigenvalue weighted by Gasteiger charge is 1.96. The van der Waals surface area contributed by atoms with Crippen molar-refractivity contribution in [1.29, 1.82) is 0 Å². The van der Waals surface area contributed by atoms with Crippen LogP contribution in [-0.4, -0.2) is 9.79 Å². The maximum absolute atomic E-state index is 9.22. The van der Waals surface area contributed by atoms with E-state index in [4.69, 9.17) is 9.79 Å². The molecule has 0 spiro atoms. The maximum atomic E-state index is 9.22. The molecular formula is CH4O3P. The molecule has 0 aliphatic rings. The van der Waals surface area contributed by atoms with E-state index in [-0.39, 0.29) is 0 Å². The fourth-order valence-corrected chi connectivity index (χ4v) is 0. The van der Waals surface area contributed by atoms with Gasteiger partial charge >= 0.3 is 7.60 Å². The second kappa shape index (κ2) is 1.09. The molecule has 0 aliphatic heterocycles. The second-order valence-electron chi connectivity index (χ2n) is 0.665. The molecule has 0 rings (SSSR count). The van der Waals surface area contributed by atoms with Gasteiger partial charge in [-0.25, -0.2) is 0 Å². The number of rotatable bonds is 0. The van der Waals surface area contributed by atoms with E-state index in [2.05, 4.69) is 6.66 Å². The van der Waals surface area contributed by atoms with Gasteiger partial charge in [0.25, 0.3) is 0 Å². The van der Waals surface area contributed by atoms with Crippen molar-refractivity contribution >= 4 is 7.60 Å². The molecule has 0 aromatic rings. The molecule has 31 valence electrons. The van der Waals surface area contributed by atoms with E-state index in [1.807, 2.05) is 0 Å². The molecule has 2 N–H and O–H groups in total. The van der Waals surface area contributed by atoms with Gasteiger partial charge in [-0.3, -0.25) is 4.57 Å². The van der Waals surface area contributed by atoms with Gasteiger partial charge in [0.05, 0.1) is 6.66 Å². The molecule has 0 aromatic heterocycles. The molecule has 0 fully saturated rings. The molecule has 5 heavy (non-hydrogen) atoms. The lowest BCUT2D eigenvalue weighted by molar-refractivity contribution is 0.385. The quantitative estimate of drug-likeness (QED) is 0.415. The van der Waals surface area contributed by atoms with Crippen molar-refractivity contribution in [2.24, 2.45) is 0 Å². The third kappa shape index (κ3) is 853. The zero-order chi connectivity index (χ0) is 4.50. The van der Waals surface area contributed by atoms with Crippen LogP contribution in [0.3, 0.4) is 0 Å². The first-order chi connectivity index (χ1) is 2.00. The van der Waals surface area contributed by atoms with E-state index in [0.29, 0.717) is 0 Å². The third-order valence-corrected chi connectivity index (χ3v) is 0. The fourth-order valence-electron chi connectivity index (χ4n) is 0. The Morgan fingerprint density at radius 2 is 1.60 bits per heavy atom. The van der Waals surface area contributed by atoms with Crippen LogP contribution in [0.2, 0.25) is 0 Å². The van der Waals surface area contributed by atoms with Gasteiger partial charge in [0.2, 0.25) is 0 Å². The molecule has 0 heterocycles. The molecule has 0 saturated heterocycles. The predicted octanol–water partition coefficient (Wildman–Crippen LogP) is -0.0443. The van der Waals surface area contributed by atoms with Gasteiger partial charge in [0, 0.05) is 0 Å². The Kier molecular flexibility index (Phi) is 1.12. The highest BCUT2D eigenvalue weighted by atomic mass is 31.2. The largest absolute Gasteiger partial charge is 0.326 e. The predicted molar refractivity (Wildman–Crippen MR) is 17.4 cm³/mol. The van der Waals surface area contributed by atoms with Crippen LogP contribution in [-0.2, 0) is 4.57 Å². The van der Waals surface area contributed by atoms with E-state index in [0.717, 1.165) is 0 Å². The summed E-state index contributed by atoms with van der Waals surface area (Å²) in [5.74, 6) is 0. The highest BCUT2D eigenvalue weighted by molar-refractivity contribution is 7.53. The van der Waals surface area contributed by atoms with Gasteiger partial charge in [-0.05, 0) is 0 Å². The van der Waals surface area contributed by atoms with E-state index in [9.17, 15) is 4.57 Å². The van der Waals surface area contributed by atoms with Crippen LogP contribution < -0.4 is 0 Å². The van der Waals surface area contributed by atoms with E-state index < -0.39 is 7.60 Å². The van der Waals surface area contributed by atoms with Crippen LogP contribution >= 0.6 is 7.60 Å². The van der Waals surface area contributed by atoms with E-state index in [1.54, 1.807) is 0 Å². The number of hydrogen-bond donors (Lipinski definition) is 2. The Balaban J connectivity index is 3.47. The molecule has 0 aromatic carbocycles. The summed E-state index contributed by atoms with van der Waals surface area (Å²) in [6.45, 7) is 2.44. The minimum atomic E-state index is -3.89. The zero-order valence-corrected chi connectivity index (χ0v) is 3.35. The minimum Gasteiger partial charge on any atom is -0.324 e. The standard InChI is InChI=1S/CH4O3P/c1-5(2,3)4/h1H2,(H2,2,3,4). The molecule has 0 saturated carbocycles. The average Bonchev–Trinajstić information content (AvgIpc) is 0.722. The monoisotopic (exact) mass is 95.0 g/mol. The van der Waals surface area contributed by atoms with Crippen LogP contribution in [0, 0.1) is 6.66 Å². The summed E-state index contributed by atoms with van der Waals surface area (Å²) in [4.78, 5) is 15.0. The summed E-state index contributed by atoms with van der Waals surface area (Å²) in [5, 5.41) is 0. The summed E-state index contributed by atoms with van der Waals surface area (Å²) in [6, 6.07) is 0. The fraction of sp³-hybridized carbons (Fsp3) is 0. The summed E-state index contributed by atoms with van der Waals surface area (Å²) in [6.07, 6.45) is 0. The maximum Gasteiger partial charge on any atom is 0.326 e. The van der Waals surface area contributed by atoms with Gasteiger partial charge < -0.3 is 9.79 Å². The summed E-state index contributed by atoms with van der Waals surface area (Å²) >= 11 is 0. The van der Waals surface area contributed by atoms with Crippen LogP contribution in [0.15, 0.2) is 0 Å². The molecule has 0 atom stereocenters. The molecule has 4 heteroatoms. The van der Waals surface area contributed by atoms with Gasteiger partial charge in [-0.2, -0.15) is 0 Å². The Bertz CT molecular complexity index is 53.0. The molecular weight excluding hydrogens is 91.0 g/mol. The van der Waals surface area contributed by atoms with Gasteiger partial charge in [0.15, 0.2) is 0 Å². The second-order valence-corrected chi connectivity index (χ2v) is 1.99. The van der Waals surface area contributed by atoms with Crippen LogP contribution in [0.4, 0.5) is 0 Å². The summed E-state index contributed by atoms with van der Waals surface area (Å²) < 4.78 is 9.22. The first kappa shape index (κ1) is 5.15. The van der Waals surface area contributed by atoms with Crippen molar-refractivity contribution in [3.8, 4) is 0 Å². The van der Waals surface area contributed by atoms with E-state index >= 15 is 0 Å². The van der Waals surface area contributed by atoms with Crippen molar-refractivity contribution in [3.05, 3.63) is 6.66 Å². The van der Waals surface area contributed by atoms with E-state index in [1.165, 1.54) is 0 Å². The number of hydrogen-bond acceptors (Lipinski definition) is 1. The average molecular weight is 95.0 g/mol. The summed E-state index contributed by atoms with van der Waals surface area (Å²) in [5.41, 5.74) is 0. The SMILES string of the molecule is [CH2]P(=O)(O)O. The highest BCUT2D eigenvalue weighted by Crippen LogP contribution is 2.30. The Morgan fingerprint density at radius 1 is 1.60 bits per heavy atom. The first-order valence-corrected chi connectivity index (χ1v) is 2.70. The molecule has 0 aliphatic carbocycles. The molecule has 1 radical (unpaired) electrons. The van der Waals surface area contributed by atoms with Crippen molar-refractivity contribution < 1.29 is 14.4 Å². The lowest BCUT2D eigenvalue weighted by Gasteiger charge is -1.84. The van der Waals surface area contributed by atoms with Crippen molar-refractivity contribution in [1.82, 2.24) is 0 Å². The van der Waals surface area contributed by atoms with Gasteiger partial charge in [0.1, 0.15) is 0 Å². The third-order valence-electron chi connectivity index (χ3n) is 0. The molecule has 0 bridgehead atoms. The first-order valence-electron chi connectivity index (χ1n) is 0.899. The van der Waals surface area contributed by atoms with Crippen LogP contribution in [0.5, 0.6) is 0 Å². The summed E-state index contributed by atoms with van der Waals surface area (Å²) in [7, 11) is -3.89.